The topological polar surface area (TPSA) is 89.6 Å². The molecule has 0 amide bonds. The summed E-state index contributed by atoms with van der Waals surface area (Å²) in [5.41, 5.74) is 0.359. The highest BCUT2D eigenvalue weighted by atomic mass is 35.5. The van der Waals surface area contributed by atoms with Gasteiger partial charge in [0, 0.05) is 13.3 Å². The summed E-state index contributed by atoms with van der Waals surface area (Å²) < 4.78 is 6.40. The second kappa shape index (κ2) is 4.27. The SMILES string of the molecule is CO[C@@H](C)c1c(C(=O)O)cnc2nc(Cl)nn12. The molecule has 0 saturated carbocycles. The maximum absolute atomic E-state index is 11.1. The fourth-order valence-electron chi connectivity index (χ4n) is 1.49. The van der Waals surface area contributed by atoms with Gasteiger partial charge < -0.3 is 9.84 Å². The van der Waals surface area contributed by atoms with Crippen LogP contribution in [-0.4, -0.2) is 37.8 Å². The lowest BCUT2D eigenvalue weighted by atomic mass is 10.1. The standard InChI is InChI=1S/C9H9ClN4O3/c1-4(17-2)6-5(7(15)16)3-11-9-12-8(10)13-14(6)9/h3-4H,1-2H3,(H,15,16)/t4-/m0/s1. The summed E-state index contributed by atoms with van der Waals surface area (Å²) in [6, 6.07) is 0. The van der Waals surface area contributed by atoms with Crippen LogP contribution in [0.25, 0.3) is 5.78 Å². The molecular formula is C9H9ClN4O3. The fourth-order valence-corrected chi connectivity index (χ4v) is 1.65. The van der Waals surface area contributed by atoms with Gasteiger partial charge in [0.2, 0.25) is 5.28 Å². The molecule has 0 aromatic carbocycles. The van der Waals surface area contributed by atoms with Crippen LogP contribution in [0.5, 0.6) is 0 Å². The molecule has 1 N–H and O–H groups in total. The van der Waals surface area contributed by atoms with Crippen LogP contribution in [0.4, 0.5) is 0 Å². The minimum absolute atomic E-state index is 0.00425. The molecule has 0 aliphatic heterocycles. The lowest BCUT2D eigenvalue weighted by molar-refractivity contribution is 0.0678. The zero-order valence-electron chi connectivity index (χ0n) is 9.09. The third kappa shape index (κ3) is 1.94. The van der Waals surface area contributed by atoms with E-state index >= 15 is 0 Å². The molecule has 2 heterocycles. The number of hydrogen-bond donors (Lipinski definition) is 1. The average molecular weight is 257 g/mol. The van der Waals surface area contributed by atoms with Crippen molar-refractivity contribution in [2.45, 2.75) is 13.0 Å². The number of carbonyl (C=O) groups is 1. The van der Waals surface area contributed by atoms with Gasteiger partial charge in [-0.05, 0) is 18.5 Å². The van der Waals surface area contributed by atoms with Gasteiger partial charge in [0.25, 0.3) is 5.78 Å². The quantitative estimate of drug-likeness (QED) is 0.887. The zero-order valence-corrected chi connectivity index (χ0v) is 9.84. The summed E-state index contributed by atoms with van der Waals surface area (Å²) in [6.45, 7) is 1.71. The number of nitrogens with zero attached hydrogens (tertiary/aromatic N) is 4. The van der Waals surface area contributed by atoms with Crippen LogP contribution in [0, 0.1) is 0 Å². The maximum Gasteiger partial charge on any atom is 0.339 e. The highest BCUT2D eigenvalue weighted by molar-refractivity contribution is 6.28. The minimum Gasteiger partial charge on any atom is -0.478 e. The number of rotatable bonds is 3. The first kappa shape index (κ1) is 11.7. The van der Waals surface area contributed by atoms with E-state index in [2.05, 4.69) is 15.1 Å². The molecule has 90 valence electrons. The van der Waals surface area contributed by atoms with Crippen molar-refractivity contribution in [3.05, 3.63) is 22.7 Å². The molecule has 0 aliphatic carbocycles. The molecule has 0 spiro atoms. The van der Waals surface area contributed by atoms with E-state index < -0.39 is 12.1 Å². The predicted molar refractivity (Wildman–Crippen MR) is 58.2 cm³/mol. The fraction of sp³-hybridized carbons (Fsp3) is 0.333. The summed E-state index contributed by atoms with van der Waals surface area (Å²) in [4.78, 5) is 18.8. The minimum atomic E-state index is -1.11. The van der Waals surface area contributed by atoms with Gasteiger partial charge in [0.15, 0.2) is 0 Å². The summed E-state index contributed by atoms with van der Waals surface area (Å²) >= 11 is 5.66. The number of aromatic nitrogens is 4. The van der Waals surface area contributed by atoms with Gasteiger partial charge in [0.05, 0.1) is 11.8 Å². The smallest absolute Gasteiger partial charge is 0.339 e. The number of methoxy groups -OCH3 is 1. The lowest BCUT2D eigenvalue weighted by Crippen LogP contribution is -2.14. The molecule has 0 aliphatic rings. The Balaban J connectivity index is 2.78. The molecular weight excluding hydrogens is 248 g/mol. The molecule has 7 nitrogen and oxygen atoms in total. The van der Waals surface area contributed by atoms with Crippen LogP contribution in [-0.2, 0) is 4.74 Å². The third-order valence-corrected chi connectivity index (χ3v) is 2.51. The second-order valence-electron chi connectivity index (χ2n) is 3.33. The Kier molecular flexibility index (Phi) is 2.95. The van der Waals surface area contributed by atoms with Gasteiger partial charge >= 0.3 is 5.97 Å². The monoisotopic (exact) mass is 256 g/mol. The van der Waals surface area contributed by atoms with Crippen LogP contribution in [0.1, 0.15) is 29.1 Å². The van der Waals surface area contributed by atoms with Crippen molar-refractivity contribution in [3.63, 3.8) is 0 Å². The van der Waals surface area contributed by atoms with Gasteiger partial charge in [-0.25, -0.2) is 9.78 Å². The molecule has 0 bridgehead atoms. The van der Waals surface area contributed by atoms with Crippen molar-refractivity contribution in [2.75, 3.05) is 7.11 Å². The molecule has 0 fully saturated rings. The van der Waals surface area contributed by atoms with Gasteiger partial charge in [-0.2, -0.15) is 9.50 Å². The van der Waals surface area contributed by atoms with Crippen molar-refractivity contribution < 1.29 is 14.6 Å². The number of carboxylic acids is 1. The molecule has 0 unspecified atom stereocenters. The molecule has 2 aromatic heterocycles. The molecule has 2 aromatic rings. The lowest BCUT2D eigenvalue weighted by Gasteiger charge is -2.13. The predicted octanol–water partition coefficient (Wildman–Crippen LogP) is 1.18. The van der Waals surface area contributed by atoms with Crippen molar-refractivity contribution in [1.29, 1.82) is 0 Å². The number of carboxylic acid groups (broad SMARTS) is 1. The molecule has 1 atom stereocenters. The van der Waals surface area contributed by atoms with E-state index in [1.54, 1.807) is 6.92 Å². The van der Waals surface area contributed by atoms with Gasteiger partial charge in [-0.15, -0.1) is 5.10 Å². The van der Waals surface area contributed by atoms with E-state index in [0.29, 0.717) is 5.69 Å². The Morgan fingerprint density at radius 2 is 2.35 bits per heavy atom. The van der Waals surface area contributed by atoms with Crippen LogP contribution >= 0.6 is 11.6 Å². The second-order valence-corrected chi connectivity index (χ2v) is 3.67. The summed E-state index contributed by atoms with van der Waals surface area (Å²) in [5.74, 6) is -0.871. The van der Waals surface area contributed by atoms with E-state index in [4.69, 9.17) is 21.4 Å². The molecule has 0 radical (unpaired) electrons. The third-order valence-electron chi connectivity index (χ3n) is 2.35. The number of aromatic carboxylic acids is 1. The number of ether oxygens (including phenoxy) is 1. The van der Waals surface area contributed by atoms with Gasteiger partial charge in [0.1, 0.15) is 5.56 Å². The van der Waals surface area contributed by atoms with Crippen molar-refractivity contribution >= 4 is 23.3 Å². The highest BCUT2D eigenvalue weighted by Gasteiger charge is 2.21. The highest BCUT2D eigenvalue weighted by Crippen LogP contribution is 2.21. The molecule has 8 heteroatoms. The Bertz CT molecular complexity index is 583. The van der Waals surface area contributed by atoms with Crippen molar-refractivity contribution in [3.8, 4) is 0 Å². The van der Waals surface area contributed by atoms with Gasteiger partial charge in [-0.1, -0.05) is 0 Å². The number of hydrogen-bond acceptors (Lipinski definition) is 5. The van der Waals surface area contributed by atoms with E-state index in [0.717, 1.165) is 0 Å². The molecule has 0 saturated heterocycles. The van der Waals surface area contributed by atoms with E-state index in [9.17, 15) is 4.79 Å². The molecule has 17 heavy (non-hydrogen) atoms. The summed E-state index contributed by atoms with van der Waals surface area (Å²) in [6.07, 6.45) is 0.748. The first-order valence-corrected chi connectivity index (χ1v) is 5.09. The van der Waals surface area contributed by atoms with E-state index in [-0.39, 0.29) is 16.6 Å². The van der Waals surface area contributed by atoms with Crippen LogP contribution < -0.4 is 0 Å². The zero-order chi connectivity index (χ0) is 12.6. The maximum atomic E-state index is 11.1. The Morgan fingerprint density at radius 1 is 1.65 bits per heavy atom. The van der Waals surface area contributed by atoms with Crippen LogP contribution in [0.2, 0.25) is 5.28 Å². The first-order valence-electron chi connectivity index (χ1n) is 4.72. The van der Waals surface area contributed by atoms with Crippen LogP contribution in [0.3, 0.4) is 0 Å². The Morgan fingerprint density at radius 3 is 2.94 bits per heavy atom. The normalized spacial score (nSPS) is 12.9. The van der Waals surface area contributed by atoms with Crippen molar-refractivity contribution in [2.24, 2.45) is 0 Å². The Labute approximate surface area is 101 Å². The largest absolute Gasteiger partial charge is 0.478 e. The number of fused-ring (bicyclic) bond motifs is 1. The van der Waals surface area contributed by atoms with E-state index in [1.165, 1.54) is 17.8 Å². The van der Waals surface area contributed by atoms with E-state index in [1.807, 2.05) is 0 Å². The molecule has 2 rings (SSSR count). The first-order chi connectivity index (χ1) is 8.04. The summed E-state index contributed by atoms with van der Waals surface area (Å²) in [5, 5.41) is 13.0. The summed E-state index contributed by atoms with van der Waals surface area (Å²) in [7, 11) is 1.47. The van der Waals surface area contributed by atoms with Crippen molar-refractivity contribution in [1.82, 2.24) is 19.6 Å². The van der Waals surface area contributed by atoms with Gasteiger partial charge in [-0.3, -0.25) is 0 Å². The number of halogens is 1. The average Bonchev–Trinajstić information content (AvgIpc) is 2.66. The van der Waals surface area contributed by atoms with Crippen LogP contribution in [0.15, 0.2) is 6.20 Å². The Hall–Kier alpha value is -1.73.